The van der Waals surface area contributed by atoms with E-state index in [1.807, 2.05) is 47.0 Å². The molecule has 0 aliphatic heterocycles. The summed E-state index contributed by atoms with van der Waals surface area (Å²) in [5.74, 6) is 1.09. The van der Waals surface area contributed by atoms with Gasteiger partial charge in [-0.05, 0) is 54.6 Å². The minimum absolute atomic E-state index is 0.0923. The maximum Gasteiger partial charge on any atom is 0.250 e. The number of pyridine rings is 1. The molecule has 4 aromatic rings. The lowest BCUT2D eigenvalue weighted by Gasteiger charge is -2.10. The van der Waals surface area contributed by atoms with Gasteiger partial charge >= 0.3 is 0 Å². The van der Waals surface area contributed by atoms with Crippen LogP contribution in [0.15, 0.2) is 81.7 Å². The standard InChI is InChI=1S/C23H18BrClN6O2S/c1-33-20-7-2-17(24)12-16(20)13-27-28-21(32)14-34-23-30-29-22(15-8-10-26-11-9-15)31(23)19-5-3-18(25)4-6-19/h2-13H,14H2,1H3,(H,28,32)/b27-13+. The second-order valence-corrected chi connectivity index (χ2v) is 9.12. The SMILES string of the molecule is COc1ccc(Br)cc1/C=N/NC(=O)CSc1nnc(-c2ccncc2)n1-c1ccc(Cl)cc1. The number of carbonyl (C=O) groups is 1. The highest BCUT2D eigenvalue weighted by Crippen LogP contribution is 2.28. The van der Waals surface area contributed by atoms with Crippen molar-refractivity contribution >= 4 is 51.4 Å². The molecule has 0 saturated carbocycles. The van der Waals surface area contributed by atoms with E-state index in [1.165, 1.54) is 18.0 Å². The highest BCUT2D eigenvalue weighted by Gasteiger charge is 2.17. The molecular formula is C23H18BrClN6O2S. The fourth-order valence-electron chi connectivity index (χ4n) is 3.02. The number of ether oxygens (including phenoxy) is 1. The molecule has 1 amide bonds. The molecular weight excluding hydrogens is 540 g/mol. The molecule has 0 spiro atoms. The van der Waals surface area contributed by atoms with Crippen molar-refractivity contribution in [2.75, 3.05) is 12.9 Å². The number of aromatic nitrogens is 4. The van der Waals surface area contributed by atoms with Crippen LogP contribution in [-0.2, 0) is 4.79 Å². The number of carbonyl (C=O) groups excluding carboxylic acids is 1. The lowest BCUT2D eigenvalue weighted by Crippen LogP contribution is -2.20. The fraction of sp³-hybridized carbons (Fsp3) is 0.0870. The normalized spacial score (nSPS) is 11.0. The van der Waals surface area contributed by atoms with Crippen molar-refractivity contribution in [3.8, 4) is 22.8 Å². The number of benzene rings is 2. The van der Waals surface area contributed by atoms with Gasteiger partial charge in [0.1, 0.15) is 5.75 Å². The van der Waals surface area contributed by atoms with Crippen molar-refractivity contribution in [2.24, 2.45) is 5.10 Å². The number of thioether (sulfide) groups is 1. The van der Waals surface area contributed by atoms with E-state index in [-0.39, 0.29) is 11.7 Å². The van der Waals surface area contributed by atoms with E-state index >= 15 is 0 Å². The van der Waals surface area contributed by atoms with Gasteiger partial charge in [0.2, 0.25) is 0 Å². The van der Waals surface area contributed by atoms with Gasteiger partial charge in [0.15, 0.2) is 11.0 Å². The first kappa shape index (κ1) is 23.9. The Morgan fingerprint density at radius 2 is 1.94 bits per heavy atom. The van der Waals surface area contributed by atoms with E-state index in [4.69, 9.17) is 16.3 Å². The van der Waals surface area contributed by atoms with Gasteiger partial charge in [-0.2, -0.15) is 5.10 Å². The predicted molar refractivity (Wildman–Crippen MR) is 137 cm³/mol. The summed E-state index contributed by atoms with van der Waals surface area (Å²) < 4.78 is 8.06. The zero-order valence-corrected chi connectivity index (χ0v) is 21.0. The monoisotopic (exact) mass is 556 g/mol. The number of rotatable bonds is 8. The zero-order chi connectivity index (χ0) is 23.9. The number of amides is 1. The average Bonchev–Trinajstić information content (AvgIpc) is 3.28. The van der Waals surface area contributed by atoms with Crippen LogP contribution in [0.2, 0.25) is 5.02 Å². The van der Waals surface area contributed by atoms with Gasteiger partial charge in [-0.15, -0.1) is 10.2 Å². The van der Waals surface area contributed by atoms with E-state index in [9.17, 15) is 4.79 Å². The largest absolute Gasteiger partial charge is 0.496 e. The molecule has 0 fully saturated rings. The molecule has 2 aromatic heterocycles. The molecule has 34 heavy (non-hydrogen) atoms. The van der Waals surface area contributed by atoms with Crippen LogP contribution in [0, 0.1) is 0 Å². The summed E-state index contributed by atoms with van der Waals surface area (Å²) >= 11 is 10.7. The quantitative estimate of drug-likeness (QED) is 0.186. The molecule has 8 nitrogen and oxygen atoms in total. The van der Waals surface area contributed by atoms with Gasteiger partial charge < -0.3 is 4.74 Å². The highest BCUT2D eigenvalue weighted by molar-refractivity contribution is 9.10. The molecule has 11 heteroatoms. The van der Waals surface area contributed by atoms with Crippen LogP contribution in [0.5, 0.6) is 5.75 Å². The maximum absolute atomic E-state index is 12.4. The van der Waals surface area contributed by atoms with E-state index in [0.29, 0.717) is 21.8 Å². The van der Waals surface area contributed by atoms with E-state index < -0.39 is 0 Å². The average molecular weight is 558 g/mol. The molecule has 0 saturated heterocycles. The highest BCUT2D eigenvalue weighted by atomic mass is 79.9. The van der Waals surface area contributed by atoms with E-state index in [1.54, 1.807) is 31.6 Å². The molecule has 1 N–H and O–H groups in total. The Balaban J connectivity index is 1.50. The number of nitrogens with one attached hydrogen (secondary N) is 1. The Bertz CT molecular complexity index is 1320. The van der Waals surface area contributed by atoms with Crippen molar-refractivity contribution in [1.29, 1.82) is 0 Å². The minimum atomic E-state index is -0.286. The van der Waals surface area contributed by atoms with Crippen molar-refractivity contribution in [1.82, 2.24) is 25.2 Å². The van der Waals surface area contributed by atoms with E-state index in [2.05, 4.69) is 41.6 Å². The third kappa shape index (κ3) is 5.82. The molecule has 0 unspecified atom stereocenters. The summed E-state index contributed by atoms with van der Waals surface area (Å²) in [6.45, 7) is 0. The first-order chi connectivity index (χ1) is 16.5. The Morgan fingerprint density at radius 1 is 1.18 bits per heavy atom. The third-order valence-electron chi connectivity index (χ3n) is 4.57. The molecule has 0 radical (unpaired) electrons. The van der Waals surface area contributed by atoms with Gasteiger partial charge in [0, 0.05) is 38.7 Å². The minimum Gasteiger partial charge on any atom is -0.496 e. The Labute approximate surface area is 213 Å². The fourth-order valence-corrected chi connectivity index (χ4v) is 4.27. The Kier molecular flexibility index (Phi) is 7.94. The molecule has 2 aromatic carbocycles. The van der Waals surface area contributed by atoms with Crippen LogP contribution < -0.4 is 10.2 Å². The number of methoxy groups -OCH3 is 1. The van der Waals surface area contributed by atoms with Gasteiger partial charge in [-0.1, -0.05) is 39.3 Å². The van der Waals surface area contributed by atoms with Crippen LogP contribution in [0.3, 0.4) is 0 Å². The number of nitrogens with zero attached hydrogens (tertiary/aromatic N) is 5. The van der Waals surface area contributed by atoms with Gasteiger partial charge in [-0.3, -0.25) is 14.3 Å². The second kappa shape index (κ2) is 11.3. The molecule has 4 rings (SSSR count). The molecule has 0 bridgehead atoms. The third-order valence-corrected chi connectivity index (χ3v) is 6.25. The lowest BCUT2D eigenvalue weighted by atomic mass is 10.2. The summed E-state index contributed by atoms with van der Waals surface area (Å²) in [5.41, 5.74) is 4.94. The summed E-state index contributed by atoms with van der Waals surface area (Å²) in [7, 11) is 1.58. The molecule has 2 heterocycles. The first-order valence-corrected chi connectivity index (χ1v) is 12.1. The van der Waals surface area contributed by atoms with Crippen molar-refractivity contribution < 1.29 is 9.53 Å². The smallest absolute Gasteiger partial charge is 0.250 e. The summed E-state index contributed by atoms with van der Waals surface area (Å²) in [6.07, 6.45) is 4.91. The van der Waals surface area contributed by atoms with Crippen LogP contribution in [0.4, 0.5) is 0 Å². The number of hydrogen-bond donors (Lipinski definition) is 1. The summed E-state index contributed by atoms with van der Waals surface area (Å²) in [4.78, 5) is 16.5. The summed E-state index contributed by atoms with van der Waals surface area (Å²) in [5, 5.41) is 13.9. The van der Waals surface area contributed by atoms with Crippen LogP contribution in [0.1, 0.15) is 5.56 Å². The molecule has 0 aliphatic carbocycles. The predicted octanol–water partition coefficient (Wildman–Crippen LogP) is 5.00. The van der Waals surface area contributed by atoms with Crippen molar-refractivity contribution in [3.63, 3.8) is 0 Å². The summed E-state index contributed by atoms with van der Waals surface area (Å²) in [6, 6.07) is 16.5. The Morgan fingerprint density at radius 3 is 2.68 bits per heavy atom. The molecule has 0 atom stereocenters. The lowest BCUT2D eigenvalue weighted by molar-refractivity contribution is -0.118. The topological polar surface area (TPSA) is 94.3 Å². The second-order valence-electron chi connectivity index (χ2n) is 6.82. The van der Waals surface area contributed by atoms with Gasteiger partial charge in [0.25, 0.3) is 5.91 Å². The van der Waals surface area contributed by atoms with Crippen LogP contribution in [-0.4, -0.2) is 44.7 Å². The Hall–Kier alpha value is -3.21. The number of halogens is 2. The van der Waals surface area contributed by atoms with Crippen LogP contribution >= 0.6 is 39.3 Å². The van der Waals surface area contributed by atoms with Gasteiger partial charge in [-0.25, -0.2) is 5.43 Å². The number of hydrazone groups is 1. The van der Waals surface area contributed by atoms with Gasteiger partial charge in [0.05, 0.1) is 19.1 Å². The molecule has 0 aliphatic rings. The van der Waals surface area contributed by atoms with Crippen molar-refractivity contribution in [2.45, 2.75) is 5.16 Å². The number of hydrogen-bond acceptors (Lipinski definition) is 7. The first-order valence-electron chi connectivity index (χ1n) is 9.95. The maximum atomic E-state index is 12.4. The molecule has 172 valence electrons. The van der Waals surface area contributed by atoms with Crippen LogP contribution in [0.25, 0.3) is 17.1 Å². The van der Waals surface area contributed by atoms with Crippen molar-refractivity contribution in [3.05, 3.63) is 82.0 Å². The van der Waals surface area contributed by atoms with E-state index in [0.717, 1.165) is 21.3 Å². The zero-order valence-electron chi connectivity index (χ0n) is 17.9.